The molecule has 1 heteroatoms. The van der Waals surface area contributed by atoms with Gasteiger partial charge in [0, 0.05) is 25.6 Å². The molecule has 0 radical (unpaired) electrons. The lowest BCUT2D eigenvalue weighted by Gasteiger charge is -2.18. The number of rotatable bonds is 1. The second-order valence-corrected chi connectivity index (χ2v) is 12.3. The first-order valence-corrected chi connectivity index (χ1v) is 15.0. The fourth-order valence-electron chi connectivity index (χ4n) is 7.46. The van der Waals surface area contributed by atoms with Crippen LogP contribution in [0.15, 0.2) is 133 Å². The molecule has 1 heterocycles. The van der Waals surface area contributed by atoms with Gasteiger partial charge in [-0.2, -0.15) is 0 Å². The molecule has 0 nitrogen and oxygen atoms in total. The van der Waals surface area contributed by atoms with Gasteiger partial charge in [0.25, 0.3) is 0 Å². The normalized spacial score (nSPS) is 12.4. The van der Waals surface area contributed by atoms with Crippen LogP contribution in [0.4, 0.5) is 0 Å². The van der Waals surface area contributed by atoms with Crippen LogP contribution in [0.5, 0.6) is 0 Å². The summed E-state index contributed by atoms with van der Waals surface area (Å²) in [5.74, 6) is 0. The minimum atomic E-state index is 1.28. The third-order valence-electron chi connectivity index (χ3n) is 9.17. The van der Waals surface area contributed by atoms with E-state index in [1.807, 2.05) is 11.3 Å². The van der Waals surface area contributed by atoms with Crippen LogP contribution in [0.2, 0.25) is 0 Å². The lowest BCUT2D eigenvalue weighted by molar-refractivity contribution is 1.74. The highest BCUT2D eigenvalue weighted by atomic mass is 32.1. The molecule has 0 unspecified atom stereocenters. The second kappa shape index (κ2) is 7.81. The zero-order chi connectivity index (χ0) is 26.7. The Bertz CT molecular complexity index is 2690. The quantitative estimate of drug-likeness (QED) is 0.184. The largest absolute Gasteiger partial charge is 0.135 e. The third-order valence-corrected chi connectivity index (χ3v) is 10.4. The Morgan fingerprint density at radius 3 is 1.88 bits per heavy atom. The molecule has 0 amide bonds. The fourth-order valence-corrected chi connectivity index (χ4v) is 8.70. The first-order chi connectivity index (χ1) is 20.3. The monoisotopic (exact) mass is 534 g/mol. The first kappa shape index (κ1) is 21.8. The van der Waals surface area contributed by atoms with Crippen molar-refractivity contribution in [3.05, 3.63) is 133 Å². The van der Waals surface area contributed by atoms with Crippen LogP contribution < -0.4 is 0 Å². The standard InChI is InChI=1S/C40H22S/c1-2-11-25-23(9-1)19-20-28-26-12-3-4-13-27(26)35(22-34(25)28)33-21-24-10-7-16-31-37(24)38-29(33)15-8-17-32(38)40-39(31)30-14-5-6-18-36(30)41-40/h1-22H. The molecule has 1 aromatic heterocycles. The Morgan fingerprint density at radius 2 is 0.951 bits per heavy atom. The van der Waals surface area contributed by atoms with Crippen LogP contribution >= 0.6 is 11.3 Å². The summed E-state index contributed by atoms with van der Waals surface area (Å²) in [6.07, 6.45) is 0. The Morgan fingerprint density at radius 1 is 0.317 bits per heavy atom. The molecule has 41 heavy (non-hydrogen) atoms. The van der Waals surface area contributed by atoms with Crippen molar-refractivity contribution in [2.24, 2.45) is 0 Å². The van der Waals surface area contributed by atoms with E-state index < -0.39 is 0 Å². The van der Waals surface area contributed by atoms with Crippen LogP contribution in [0.1, 0.15) is 0 Å². The summed E-state index contributed by atoms with van der Waals surface area (Å²) in [5.41, 5.74) is 2.61. The summed E-state index contributed by atoms with van der Waals surface area (Å²) in [7, 11) is 0. The molecule has 0 N–H and O–H groups in total. The van der Waals surface area contributed by atoms with Gasteiger partial charge >= 0.3 is 0 Å². The Kier molecular flexibility index (Phi) is 4.15. The van der Waals surface area contributed by atoms with Crippen LogP contribution in [0.3, 0.4) is 0 Å². The molecular weight excluding hydrogens is 513 g/mol. The first-order valence-electron chi connectivity index (χ1n) is 14.2. The lowest BCUT2D eigenvalue weighted by atomic mass is 9.85. The van der Waals surface area contributed by atoms with Crippen molar-refractivity contribution in [1.82, 2.24) is 0 Å². The van der Waals surface area contributed by atoms with Gasteiger partial charge in [0.1, 0.15) is 0 Å². The molecule has 0 fully saturated rings. The number of fused-ring (bicyclic) bond motifs is 10. The molecule has 10 rings (SSSR count). The van der Waals surface area contributed by atoms with Gasteiger partial charge in [-0.05, 0) is 88.6 Å². The van der Waals surface area contributed by atoms with Gasteiger partial charge in [-0.3, -0.25) is 0 Å². The van der Waals surface area contributed by atoms with Crippen LogP contribution in [0, 0.1) is 0 Å². The number of thiophene rings is 1. The Labute approximate surface area is 240 Å². The fraction of sp³-hybridized carbons (Fsp3) is 0. The number of hydrogen-bond acceptors (Lipinski definition) is 1. The van der Waals surface area contributed by atoms with E-state index in [0.717, 1.165) is 0 Å². The van der Waals surface area contributed by atoms with Crippen molar-refractivity contribution in [3.63, 3.8) is 0 Å². The van der Waals surface area contributed by atoms with Gasteiger partial charge in [-0.1, -0.05) is 115 Å². The van der Waals surface area contributed by atoms with Gasteiger partial charge in [-0.25, -0.2) is 0 Å². The van der Waals surface area contributed by atoms with E-state index in [9.17, 15) is 0 Å². The highest BCUT2D eigenvalue weighted by molar-refractivity contribution is 7.27. The highest BCUT2D eigenvalue weighted by Crippen LogP contribution is 2.49. The summed E-state index contributed by atoms with van der Waals surface area (Å²) in [6, 6.07) is 49.8. The molecule has 0 atom stereocenters. The smallest absolute Gasteiger partial charge is 0.0440 e. The summed E-state index contributed by atoms with van der Waals surface area (Å²) >= 11 is 1.93. The maximum Gasteiger partial charge on any atom is 0.0440 e. The molecule has 10 aromatic rings. The molecule has 9 aromatic carbocycles. The lowest BCUT2D eigenvalue weighted by Crippen LogP contribution is -1.91. The van der Waals surface area contributed by atoms with Gasteiger partial charge in [0.2, 0.25) is 0 Å². The topological polar surface area (TPSA) is 0 Å². The minimum Gasteiger partial charge on any atom is -0.135 e. The molecule has 0 saturated heterocycles. The summed E-state index contributed by atoms with van der Waals surface area (Å²) < 4.78 is 2.75. The Hall–Kier alpha value is -4.98. The highest BCUT2D eigenvalue weighted by Gasteiger charge is 2.20. The van der Waals surface area contributed by atoms with Crippen molar-refractivity contribution in [2.75, 3.05) is 0 Å². The average Bonchev–Trinajstić information content (AvgIpc) is 3.43. The number of benzene rings is 9. The maximum atomic E-state index is 2.45. The van der Waals surface area contributed by atoms with Gasteiger partial charge in [0.15, 0.2) is 0 Å². The van der Waals surface area contributed by atoms with Crippen LogP contribution in [-0.2, 0) is 0 Å². The molecule has 0 bridgehead atoms. The molecule has 0 aliphatic carbocycles. The minimum absolute atomic E-state index is 1.28. The Balaban J connectivity index is 1.44. The molecule has 188 valence electrons. The maximum absolute atomic E-state index is 2.45. The van der Waals surface area contributed by atoms with Gasteiger partial charge in [0.05, 0.1) is 0 Å². The predicted molar refractivity (Wildman–Crippen MR) is 181 cm³/mol. The van der Waals surface area contributed by atoms with E-state index in [-0.39, 0.29) is 0 Å². The van der Waals surface area contributed by atoms with E-state index in [2.05, 4.69) is 133 Å². The zero-order valence-electron chi connectivity index (χ0n) is 22.1. The molecule has 0 saturated carbocycles. The summed E-state index contributed by atoms with van der Waals surface area (Å²) in [4.78, 5) is 0. The van der Waals surface area contributed by atoms with Crippen molar-refractivity contribution in [2.45, 2.75) is 0 Å². The third kappa shape index (κ3) is 2.79. The average molecular weight is 535 g/mol. The van der Waals surface area contributed by atoms with Gasteiger partial charge < -0.3 is 0 Å². The zero-order valence-corrected chi connectivity index (χ0v) is 22.9. The molecule has 0 spiro atoms. The molecule has 0 aliphatic heterocycles. The van der Waals surface area contributed by atoms with Crippen molar-refractivity contribution in [1.29, 1.82) is 0 Å². The summed E-state index contributed by atoms with van der Waals surface area (Å²) in [6.45, 7) is 0. The second-order valence-electron chi connectivity index (χ2n) is 11.2. The van der Waals surface area contributed by atoms with Crippen molar-refractivity contribution >= 4 is 96.1 Å². The van der Waals surface area contributed by atoms with Gasteiger partial charge in [-0.15, -0.1) is 11.3 Å². The van der Waals surface area contributed by atoms with Crippen LogP contribution in [-0.4, -0.2) is 0 Å². The summed E-state index contributed by atoms with van der Waals surface area (Å²) in [5, 5.41) is 18.7. The predicted octanol–water partition coefficient (Wildman–Crippen LogP) is 12.1. The van der Waals surface area contributed by atoms with E-state index in [0.29, 0.717) is 0 Å². The van der Waals surface area contributed by atoms with Crippen molar-refractivity contribution in [3.8, 4) is 11.1 Å². The van der Waals surface area contributed by atoms with E-state index in [4.69, 9.17) is 0 Å². The molecule has 0 aliphatic rings. The molecular formula is C40H22S. The van der Waals surface area contributed by atoms with Crippen LogP contribution in [0.25, 0.3) is 95.9 Å². The van der Waals surface area contributed by atoms with E-state index >= 15 is 0 Å². The van der Waals surface area contributed by atoms with Crippen molar-refractivity contribution < 1.29 is 0 Å². The van der Waals surface area contributed by atoms with E-state index in [1.165, 1.54) is 95.9 Å². The van der Waals surface area contributed by atoms with E-state index in [1.54, 1.807) is 0 Å². The SMILES string of the molecule is c1ccc2c(c1)ccc1c3ccccc3c(-c3cc4cccc5c6c7ccccc7sc6c6cccc3c6c45)cc21. The number of hydrogen-bond donors (Lipinski definition) is 0.